The van der Waals surface area contributed by atoms with Gasteiger partial charge in [0.1, 0.15) is 11.7 Å². The molecule has 0 saturated carbocycles. The number of likely N-dealkylation sites (N-methyl/N-ethyl adjacent to an activating group) is 1. The third-order valence-corrected chi connectivity index (χ3v) is 5.17. The molecule has 0 bridgehead atoms. The molecule has 6 heteroatoms. The Kier molecular flexibility index (Phi) is 6.31. The molecule has 0 fully saturated rings. The molecule has 1 aromatic heterocycles. The van der Waals surface area contributed by atoms with Crippen LogP contribution >= 0.6 is 0 Å². The molecule has 0 aliphatic carbocycles. The van der Waals surface area contributed by atoms with Gasteiger partial charge < -0.3 is 19.6 Å². The minimum Gasteiger partial charge on any atom is -0.472 e. The number of aliphatic hydroxyl groups is 1. The van der Waals surface area contributed by atoms with E-state index in [9.17, 15) is 9.90 Å². The van der Waals surface area contributed by atoms with Crippen LogP contribution in [0.2, 0.25) is 0 Å². The lowest BCUT2D eigenvalue weighted by Gasteiger charge is -2.37. The zero-order chi connectivity index (χ0) is 20.3. The van der Waals surface area contributed by atoms with Crippen molar-refractivity contribution in [3.05, 3.63) is 48.2 Å². The molecule has 1 N–H and O–H groups in total. The highest BCUT2D eigenvalue weighted by Gasteiger charge is 2.33. The molecule has 1 aliphatic heterocycles. The summed E-state index contributed by atoms with van der Waals surface area (Å²) in [6.45, 7) is 5.09. The summed E-state index contributed by atoms with van der Waals surface area (Å²) in [7, 11) is 4.00. The van der Waals surface area contributed by atoms with Crippen LogP contribution in [0.25, 0.3) is 11.1 Å². The highest BCUT2D eigenvalue weighted by atomic mass is 16.5. The van der Waals surface area contributed by atoms with Gasteiger partial charge in [-0.3, -0.25) is 4.79 Å². The van der Waals surface area contributed by atoms with Crippen molar-refractivity contribution in [1.29, 1.82) is 0 Å². The first kappa shape index (κ1) is 20.3. The Morgan fingerprint density at radius 1 is 1.29 bits per heavy atom. The van der Waals surface area contributed by atoms with Gasteiger partial charge >= 0.3 is 0 Å². The predicted octanol–water partition coefficient (Wildman–Crippen LogP) is 2.53. The Morgan fingerprint density at radius 3 is 2.64 bits per heavy atom. The summed E-state index contributed by atoms with van der Waals surface area (Å²) < 4.78 is 6.22. The smallest absolute Gasteiger partial charge is 0.259 e. The van der Waals surface area contributed by atoms with Gasteiger partial charge in [0.05, 0.1) is 12.6 Å². The molecule has 1 aromatic carbocycles. The summed E-state index contributed by atoms with van der Waals surface area (Å²) in [5.41, 5.74) is 2.30. The summed E-state index contributed by atoms with van der Waals surface area (Å²) in [6, 6.07) is 11.4. The molecule has 150 valence electrons. The van der Waals surface area contributed by atoms with E-state index in [0.29, 0.717) is 18.0 Å². The molecule has 1 aliphatic rings. The van der Waals surface area contributed by atoms with Crippen molar-refractivity contribution < 1.29 is 14.6 Å². The van der Waals surface area contributed by atoms with Crippen LogP contribution in [0.3, 0.4) is 0 Å². The number of carbonyl (C=O) groups is 1. The van der Waals surface area contributed by atoms with Gasteiger partial charge in [0.15, 0.2) is 0 Å². The first-order chi connectivity index (χ1) is 13.4. The van der Waals surface area contributed by atoms with Crippen molar-refractivity contribution >= 4 is 5.91 Å². The Labute approximate surface area is 166 Å². The maximum Gasteiger partial charge on any atom is 0.259 e. The number of aliphatic hydroxyl groups excluding tert-OH is 1. The van der Waals surface area contributed by atoms with E-state index < -0.39 is 0 Å². The van der Waals surface area contributed by atoms with Crippen LogP contribution in [-0.4, -0.2) is 71.7 Å². The van der Waals surface area contributed by atoms with E-state index in [1.807, 2.05) is 57.4 Å². The minimum absolute atomic E-state index is 0.0845. The Morgan fingerprint density at radius 2 is 2.00 bits per heavy atom. The van der Waals surface area contributed by atoms with Crippen LogP contribution < -0.4 is 4.74 Å². The van der Waals surface area contributed by atoms with E-state index in [1.54, 1.807) is 11.1 Å². The summed E-state index contributed by atoms with van der Waals surface area (Å²) >= 11 is 0. The maximum atomic E-state index is 13.3. The number of aromatic nitrogens is 1. The van der Waals surface area contributed by atoms with Gasteiger partial charge in [0.2, 0.25) is 5.88 Å². The van der Waals surface area contributed by atoms with Crippen molar-refractivity contribution in [2.75, 3.05) is 33.8 Å². The number of amides is 1. The fourth-order valence-electron chi connectivity index (χ4n) is 3.47. The Balaban J connectivity index is 2.06. The number of rotatable bonds is 5. The molecule has 0 spiro atoms. The zero-order valence-corrected chi connectivity index (χ0v) is 17.0. The zero-order valence-electron chi connectivity index (χ0n) is 17.0. The summed E-state index contributed by atoms with van der Waals surface area (Å²) in [4.78, 5) is 21.7. The molecule has 28 heavy (non-hydrogen) atoms. The molecule has 2 heterocycles. The quantitative estimate of drug-likeness (QED) is 0.860. The molecule has 6 nitrogen and oxygen atoms in total. The number of hydrogen-bond donors (Lipinski definition) is 1. The second-order valence-electron chi connectivity index (χ2n) is 7.83. The average molecular weight is 383 g/mol. The van der Waals surface area contributed by atoms with E-state index in [4.69, 9.17) is 4.74 Å². The van der Waals surface area contributed by atoms with E-state index in [-0.39, 0.29) is 30.6 Å². The minimum atomic E-state index is -0.277. The van der Waals surface area contributed by atoms with Crippen LogP contribution in [0.5, 0.6) is 5.88 Å². The van der Waals surface area contributed by atoms with Crippen molar-refractivity contribution in [3.63, 3.8) is 0 Å². The van der Waals surface area contributed by atoms with Gasteiger partial charge in [-0.1, -0.05) is 37.3 Å². The van der Waals surface area contributed by atoms with Gasteiger partial charge in [-0.05, 0) is 32.6 Å². The van der Waals surface area contributed by atoms with Crippen LogP contribution in [0.1, 0.15) is 24.2 Å². The fourth-order valence-corrected chi connectivity index (χ4v) is 3.47. The molecule has 0 saturated heterocycles. The number of carbonyl (C=O) groups excluding carboxylic acids is 1. The third kappa shape index (κ3) is 4.34. The lowest BCUT2D eigenvalue weighted by Crippen LogP contribution is -2.49. The first-order valence-electron chi connectivity index (χ1n) is 9.69. The average Bonchev–Trinajstić information content (AvgIpc) is 2.70. The molecule has 2 aromatic rings. The standard InChI is InChI=1S/C22H29N3O3/c1-15-12-25(16(2)14-26)22(27)19-10-18(17-8-6-5-7-9-17)11-23-21(19)28-20(15)13-24(3)4/h5-11,15-16,20,26H,12-14H2,1-4H3/t15-,16+,20-/m1/s1. The van der Waals surface area contributed by atoms with E-state index >= 15 is 0 Å². The third-order valence-electron chi connectivity index (χ3n) is 5.17. The van der Waals surface area contributed by atoms with E-state index in [0.717, 1.165) is 17.7 Å². The number of pyridine rings is 1. The molecule has 3 atom stereocenters. The number of fused-ring (bicyclic) bond motifs is 1. The first-order valence-corrected chi connectivity index (χ1v) is 9.69. The molecule has 0 unspecified atom stereocenters. The molecular formula is C22H29N3O3. The number of hydrogen-bond acceptors (Lipinski definition) is 5. The van der Waals surface area contributed by atoms with Gasteiger partial charge in [-0.25, -0.2) is 4.98 Å². The largest absolute Gasteiger partial charge is 0.472 e. The summed E-state index contributed by atoms with van der Waals surface area (Å²) in [5, 5.41) is 9.70. The predicted molar refractivity (Wildman–Crippen MR) is 109 cm³/mol. The van der Waals surface area contributed by atoms with Gasteiger partial charge in [-0.15, -0.1) is 0 Å². The molecule has 0 radical (unpaired) electrons. The van der Waals surface area contributed by atoms with Crippen LogP contribution in [-0.2, 0) is 0 Å². The molecular weight excluding hydrogens is 354 g/mol. The normalized spacial score (nSPS) is 20.9. The SMILES string of the molecule is C[C@@H]1CN([C@@H](C)CO)C(=O)c2cc(-c3ccccc3)cnc2O[C@@H]1CN(C)C. The second kappa shape index (κ2) is 8.71. The van der Waals surface area contributed by atoms with Crippen LogP contribution in [0, 0.1) is 5.92 Å². The van der Waals surface area contributed by atoms with Crippen molar-refractivity contribution in [3.8, 4) is 17.0 Å². The van der Waals surface area contributed by atoms with E-state index in [2.05, 4.69) is 16.8 Å². The second-order valence-corrected chi connectivity index (χ2v) is 7.83. The fraction of sp³-hybridized carbons (Fsp3) is 0.455. The summed E-state index contributed by atoms with van der Waals surface area (Å²) in [6.07, 6.45) is 1.64. The van der Waals surface area contributed by atoms with Crippen molar-refractivity contribution in [2.24, 2.45) is 5.92 Å². The van der Waals surface area contributed by atoms with Crippen molar-refractivity contribution in [1.82, 2.24) is 14.8 Å². The monoisotopic (exact) mass is 383 g/mol. The lowest BCUT2D eigenvalue weighted by molar-refractivity contribution is 0.0348. The highest BCUT2D eigenvalue weighted by Crippen LogP contribution is 2.30. The number of nitrogens with zero attached hydrogens (tertiary/aromatic N) is 3. The van der Waals surface area contributed by atoms with Gasteiger partial charge in [-0.2, -0.15) is 0 Å². The van der Waals surface area contributed by atoms with E-state index in [1.165, 1.54) is 0 Å². The number of benzene rings is 1. The summed E-state index contributed by atoms with van der Waals surface area (Å²) in [5.74, 6) is 0.305. The highest BCUT2D eigenvalue weighted by molar-refractivity contribution is 5.98. The molecule has 3 rings (SSSR count). The van der Waals surface area contributed by atoms with Crippen molar-refractivity contribution in [2.45, 2.75) is 26.0 Å². The number of ether oxygens (including phenoxy) is 1. The maximum absolute atomic E-state index is 13.3. The van der Waals surface area contributed by atoms with Crippen LogP contribution in [0.15, 0.2) is 42.6 Å². The van der Waals surface area contributed by atoms with Gasteiger partial charge in [0, 0.05) is 30.8 Å². The molecule has 1 amide bonds. The Hall–Kier alpha value is -2.44. The Bertz CT molecular complexity index is 810. The lowest BCUT2D eigenvalue weighted by atomic mass is 9.99. The van der Waals surface area contributed by atoms with Crippen LogP contribution in [0.4, 0.5) is 0 Å². The van der Waals surface area contributed by atoms with Gasteiger partial charge in [0.25, 0.3) is 5.91 Å². The topological polar surface area (TPSA) is 65.9 Å².